The molecule has 1 aromatic heterocycles. The van der Waals surface area contributed by atoms with Crippen LogP contribution in [0.25, 0.3) is 11.8 Å². The van der Waals surface area contributed by atoms with Gasteiger partial charge in [-0.3, -0.25) is 4.79 Å². The van der Waals surface area contributed by atoms with Crippen LogP contribution in [0.5, 0.6) is 5.75 Å². The number of halogens is 2. The van der Waals surface area contributed by atoms with Gasteiger partial charge in [0.25, 0.3) is 5.91 Å². The van der Waals surface area contributed by atoms with Crippen LogP contribution < -0.4 is 10.1 Å². The summed E-state index contributed by atoms with van der Waals surface area (Å²) in [6.07, 6.45) is 1.85. The standard InChI is InChI=1S/C29H23F2N3O2S/c1-18-15-21(16-27-28(35)33-29(37-27)32-23-9-7-22(30)8-10-23)19(2)34(18)24-11-13-25(14-12-24)36-17-20-5-3-4-6-26(20)31/h3-16H,17H2,1-2H3,(H,32,33,35)/b27-16+. The molecular formula is C29H23F2N3O2S. The molecule has 1 amide bonds. The summed E-state index contributed by atoms with van der Waals surface area (Å²) < 4.78 is 34.8. The number of hydrogen-bond donors (Lipinski definition) is 1. The summed E-state index contributed by atoms with van der Waals surface area (Å²) in [6, 6.07) is 21.9. The molecule has 2 heterocycles. The van der Waals surface area contributed by atoms with Gasteiger partial charge in [-0.25, -0.2) is 13.8 Å². The Morgan fingerprint density at radius 1 is 1.00 bits per heavy atom. The van der Waals surface area contributed by atoms with Crippen molar-refractivity contribution >= 4 is 34.6 Å². The molecule has 1 aliphatic rings. The van der Waals surface area contributed by atoms with Crippen LogP contribution in [0.15, 0.2) is 88.8 Å². The van der Waals surface area contributed by atoms with Gasteiger partial charge in [0.15, 0.2) is 5.17 Å². The van der Waals surface area contributed by atoms with Gasteiger partial charge in [-0.1, -0.05) is 18.2 Å². The minimum absolute atomic E-state index is 0.150. The van der Waals surface area contributed by atoms with E-state index in [0.717, 1.165) is 22.6 Å². The zero-order valence-corrected chi connectivity index (χ0v) is 21.0. The van der Waals surface area contributed by atoms with Crippen LogP contribution in [0, 0.1) is 25.5 Å². The lowest BCUT2D eigenvalue weighted by Crippen LogP contribution is -2.19. The second-order valence-electron chi connectivity index (χ2n) is 8.49. The molecule has 1 aliphatic heterocycles. The van der Waals surface area contributed by atoms with Crippen LogP contribution in [0.4, 0.5) is 14.5 Å². The molecule has 186 valence electrons. The van der Waals surface area contributed by atoms with Gasteiger partial charge in [-0.15, -0.1) is 0 Å². The number of thioether (sulfide) groups is 1. The van der Waals surface area contributed by atoms with E-state index >= 15 is 0 Å². The highest BCUT2D eigenvalue weighted by Crippen LogP contribution is 2.31. The molecule has 0 spiro atoms. The summed E-state index contributed by atoms with van der Waals surface area (Å²) >= 11 is 1.24. The zero-order valence-electron chi connectivity index (χ0n) is 20.2. The molecule has 0 unspecified atom stereocenters. The maximum Gasteiger partial charge on any atom is 0.264 e. The molecule has 8 heteroatoms. The van der Waals surface area contributed by atoms with Gasteiger partial charge in [0.05, 0.1) is 10.6 Å². The molecule has 0 atom stereocenters. The quantitative estimate of drug-likeness (QED) is 0.286. The normalized spacial score (nSPS) is 15.4. The molecule has 1 saturated heterocycles. The number of amidine groups is 1. The van der Waals surface area contributed by atoms with Crippen LogP contribution in [-0.2, 0) is 11.4 Å². The fourth-order valence-corrected chi connectivity index (χ4v) is 4.89. The van der Waals surface area contributed by atoms with Crippen LogP contribution >= 0.6 is 11.8 Å². The number of aryl methyl sites for hydroxylation is 1. The van der Waals surface area contributed by atoms with E-state index in [-0.39, 0.29) is 24.1 Å². The molecule has 1 N–H and O–H groups in total. The van der Waals surface area contributed by atoms with E-state index in [1.807, 2.05) is 50.3 Å². The molecule has 0 bridgehead atoms. The summed E-state index contributed by atoms with van der Waals surface area (Å²) in [7, 11) is 0. The number of nitrogens with zero attached hydrogens (tertiary/aromatic N) is 2. The average molecular weight is 516 g/mol. The van der Waals surface area contributed by atoms with E-state index in [1.165, 1.54) is 30.0 Å². The van der Waals surface area contributed by atoms with Crippen molar-refractivity contribution in [3.05, 3.63) is 118 Å². The van der Waals surface area contributed by atoms with Crippen molar-refractivity contribution in [3.8, 4) is 11.4 Å². The summed E-state index contributed by atoms with van der Waals surface area (Å²) in [6.45, 7) is 4.14. The first-order valence-corrected chi connectivity index (χ1v) is 12.4. The fourth-order valence-electron chi connectivity index (χ4n) is 4.05. The van der Waals surface area contributed by atoms with Crippen LogP contribution in [0.3, 0.4) is 0 Å². The highest BCUT2D eigenvalue weighted by Gasteiger charge is 2.24. The first-order chi connectivity index (χ1) is 17.9. The summed E-state index contributed by atoms with van der Waals surface area (Å²) in [5.41, 5.74) is 4.90. The van der Waals surface area contributed by atoms with Crippen molar-refractivity contribution in [2.24, 2.45) is 4.99 Å². The Labute approximate surface area is 217 Å². The van der Waals surface area contributed by atoms with E-state index in [1.54, 1.807) is 30.3 Å². The largest absolute Gasteiger partial charge is 0.489 e. The number of hydrogen-bond acceptors (Lipinski definition) is 4. The van der Waals surface area contributed by atoms with Crippen molar-refractivity contribution in [2.75, 3.05) is 0 Å². The molecule has 0 saturated carbocycles. The Morgan fingerprint density at radius 3 is 2.46 bits per heavy atom. The van der Waals surface area contributed by atoms with E-state index < -0.39 is 0 Å². The van der Waals surface area contributed by atoms with E-state index in [2.05, 4.69) is 14.9 Å². The average Bonchev–Trinajstić information content (AvgIpc) is 3.37. The molecule has 5 nitrogen and oxygen atoms in total. The van der Waals surface area contributed by atoms with Gasteiger partial charge in [0, 0.05) is 22.6 Å². The van der Waals surface area contributed by atoms with E-state index in [9.17, 15) is 13.6 Å². The third-order valence-corrected chi connectivity index (χ3v) is 6.82. The second kappa shape index (κ2) is 10.4. The third kappa shape index (κ3) is 5.49. The van der Waals surface area contributed by atoms with Crippen molar-refractivity contribution in [3.63, 3.8) is 0 Å². The number of rotatable bonds is 6. The van der Waals surface area contributed by atoms with E-state index in [0.29, 0.717) is 27.1 Å². The maximum absolute atomic E-state index is 13.8. The van der Waals surface area contributed by atoms with E-state index in [4.69, 9.17) is 4.74 Å². The molecule has 0 aliphatic carbocycles. The van der Waals surface area contributed by atoms with Crippen molar-refractivity contribution in [1.29, 1.82) is 0 Å². The Hall–Kier alpha value is -4.17. The Bertz CT molecular complexity index is 1520. The number of carbonyl (C=O) groups is 1. The number of benzene rings is 3. The predicted molar refractivity (Wildman–Crippen MR) is 143 cm³/mol. The van der Waals surface area contributed by atoms with Crippen LogP contribution in [-0.4, -0.2) is 15.6 Å². The van der Waals surface area contributed by atoms with Gasteiger partial charge in [-0.2, -0.15) is 0 Å². The van der Waals surface area contributed by atoms with Crippen LogP contribution in [0.2, 0.25) is 0 Å². The van der Waals surface area contributed by atoms with Gasteiger partial charge in [-0.05, 0) is 97.9 Å². The second-order valence-corrected chi connectivity index (χ2v) is 9.52. The number of aromatic nitrogens is 1. The number of ether oxygens (including phenoxy) is 1. The van der Waals surface area contributed by atoms with Gasteiger partial charge in [0.1, 0.15) is 24.0 Å². The molecule has 0 radical (unpaired) electrons. The third-order valence-electron chi connectivity index (χ3n) is 5.91. The topological polar surface area (TPSA) is 55.6 Å². The summed E-state index contributed by atoms with van der Waals surface area (Å²) in [5, 5.41) is 3.21. The molecule has 5 rings (SSSR count). The Balaban J connectivity index is 1.32. The maximum atomic E-state index is 13.8. The van der Waals surface area contributed by atoms with Crippen molar-refractivity contribution in [1.82, 2.24) is 9.88 Å². The number of aliphatic imine (C=N–C) groups is 1. The number of amides is 1. The van der Waals surface area contributed by atoms with Crippen LogP contribution in [0.1, 0.15) is 22.5 Å². The highest BCUT2D eigenvalue weighted by molar-refractivity contribution is 8.18. The van der Waals surface area contributed by atoms with Gasteiger partial charge in [0.2, 0.25) is 0 Å². The Kier molecular flexibility index (Phi) is 6.92. The molecule has 37 heavy (non-hydrogen) atoms. The Morgan fingerprint density at radius 2 is 1.73 bits per heavy atom. The highest BCUT2D eigenvalue weighted by atomic mass is 32.2. The molecule has 3 aromatic carbocycles. The first kappa shape index (κ1) is 24.5. The SMILES string of the molecule is Cc1cc(/C=C2/SC(=Nc3ccc(F)cc3)NC2=O)c(C)n1-c1ccc(OCc2ccccc2F)cc1. The minimum Gasteiger partial charge on any atom is -0.489 e. The predicted octanol–water partition coefficient (Wildman–Crippen LogP) is 6.84. The van der Waals surface area contributed by atoms with Crippen molar-refractivity contribution in [2.45, 2.75) is 20.5 Å². The van der Waals surface area contributed by atoms with Crippen molar-refractivity contribution < 1.29 is 18.3 Å². The lowest BCUT2D eigenvalue weighted by atomic mass is 10.2. The first-order valence-electron chi connectivity index (χ1n) is 11.6. The smallest absolute Gasteiger partial charge is 0.264 e. The summed E-state index contributed by atoms with van der Waals surface area (Å²) in [5.74, 6) is -0.217. The fraction of sp³-hybridized carbons (Fsp3) is 0.103. The lowest BCUT2D eigenvalue weighted by Gasteiger charge is -2.12. The number of carbonyl (C=O) groups excluding carboxylic acids is 1. The lowest BCUT2D eigenvalue weighted by molar-refractivity contribution is -0.115. The monoisotopic (exact) mass is 515 g/mol. The van der Waals surface area contributed by atoms with Gasteiger partial charge >= 0.3 is 0 Å². The number of nitrogens with one attached hydrogen (secondary N) is 1. The minimum atomic E-state index is -0.340. The molecule has 4 aromatic rings. The van der Waals surface area contributed by atoms with Gasteiger partial charge < -0.3 is 14.6 Å². The molecule has 1 fully saturated rings. The zero-order chi connectivity index (χ0) is 25.9. The molecular weight excluding hydrogens is 492 g/mol. The summed E-state index contributed by atoms with van der Waals surface area (Å²) in [4.78, 5) is 17.5.